The summed E-state index contributed by atoms with van der Waals surface area (Å²) in [5.41, 5.74) is -1.30. The number of methoxy groups -OCH3 is 1. The molecular weight excluding hydrogens is 255 g/mol. The monoisotopic (exact) mass is 270 g/mol. The first kappa shape index (κ1) is 14.9. The molecule has 0 heterocycles. The van der Waals surface area contributed by atoms with Crippen molar-refractivity contribution in [2.24, 2.45) is 5.41 Å². The number of esters is 1. The number of ether oxygens (including phenoxy) is 2. The average Bonchev–Trinajstić information content (AvgIpc) is 2.35. The van der Waals surface area contributed by atoms with Crippen molar-refractivity contribution in [3.05, 3.63) is 29.6 Å². The quantitative estimate of drug-likeness (QED) is 0.829. The van der Waals surface area contributed by atoms with Crippen LogP contribution in [0.3, 0.4) is 0 Å². The summed E-state index contributed by atoms with van der Waals surface area (Å²) in [5.74, 6) is -3.00. The molecule has 6 heteroatoms. The van der Waals surface area contributed by atoms with Gasteiger partial charge in [0.15, 0.2) is 11.6 Å². The highest BCUT2D eigenvalue weighted by atomic mass is 19.1. The summed E-state index contributed by atoms with van der Waals surface area (Å²) in [4.78, 5) is 22.4. The zero-order valence-electron chi connectivity index (χ0n) is 10.9. The number of carbonyl (C=O) groups is 2. The lowest BCUT2D eigenvalue weighted by Gasteiger charge is -2.22. The van der Waals surface area contributed by atoms with Gasteiger partial charge in [0.25, 0.3) is 0 Å². The van der Waals surface area contributed by atoms with Crippen LogP contribution in [0.5, 0.6) is 5.75 Å². The molecule has 0 aromatic heterocycles. The maximum absolute atomic E-state index is 13.6. The predicted octanol–water partition coefficient (Wildman–Crippen LogP) is 2.10. The Balaban J connectivity index is 2.95. The van der Waals surface area contributed by atoms with Crippen LogP contribution in [0.1, 0.15) is 24.2 Å². The summed E-state index contributed by atoms with van der Waals surface area (Å²) in [6, 6.07) is 3.59. The van der Waals surface area contributed by atoms with E-state index < -0.39 is 23.2 Å². The molecule has 19 heavy (non-hydrogen) atoms. The van der Waals surface area contributed by atoms with Gasteiger partial charge >= 0.3 is 11.9 Å². The SMILES string of the molecule is COC(=O)C(C)(C)COc1c(F)cccc1C(=O)O. The molecule has 104 valence electrons. The van der Waals surface area contributed by atoms with Crippen molar-refractivity contribution >= 4 is 11.9 Å². The van der Waals surface area contributed by atoms with Crippen LogP contribution in [0.25, 0.3) is 0 Å². The number of para-hydroxylation sites is 1. The Bertz CT molecular complexity index is 496. The molecule has 1 aromatic carbocycles. The van der Waals surface area contributed by atoms with E-state index in [1.165, 1.54) is 19.2 Å². The van der Waals surface area contributed by atoms with Crippen LogP contribution in [-0.2, 0) is 9.53 Å². The fraction of sp³-hybridized carbons (Fsp3) is 0.385. The van der Waals surface area contributed by atoms with Crippen LogP contribution in [0.15, 0.2) is 18.2 Å². The van der Waals surface area contributed by atoms with Gasteiger partial charge in [-0.2, -0.15) is 0 Å². The number of carboxylic acids is 1. The summed E-state index contributed by atoms with van der Waals surface area (Å²) in [7, 11) is 1.23. The number of carbonyl (C=O) groups excluding carboxylic acids is 1. The van der Waals surface area contributed by atoms with Crippen LogP contribution in [0, 0.1) is 11.2 Å². The van der Waals surface area contributed by atoms with E-state index in [9.17, 15) is 14.0 Å². The van der Waals surface area contributed by atoms with Gasteiger partial charge in [0, 0.05) is 0 Å². The van der Waals surface area contributed by atoms with E-state index in [2.05, 4.69) is 4.74 Å². The molecule has 0 amide bonds. The average molecular weight is 270 g/mol. The Morgan fingerprint density at radius 1 is 1.37 bits per heavy atom. The van der Waals surface area contributed by atoms with E-state index in [0.717, 1.165) is 6.07 Å². The van der Waals surface area contributed by atoms with E-state index in [4.69, 9.17) is 9.84 Å². The first-order valence-corrected chi connectivity index (χ1v) is 5.52. The highest BCUT2D eigenvalue weighted by molar-refractivity contribution is 5.90. The Morgan fingerprint density at radius 3 is 2.53 bits per heavy atom. The first-order chi connectivity index (χ1) is 8.79. The second kappa shape index (κ2) is 5.69. The number of halogens is 1. The van der Waals surface area contributed by atoms with Gasteiger partial charge in [-0.3, -0.25) is 4.79 Å². The van der Waals surface area contributed by atoms with Crippen molar-refractivity contribution in [3.63, 3.8) is 0 Å². The molecule has 0 fully saturated rings. The Hall–Kier alpha value is -2.11. The van der Waals surface area contributed by atoms with E-state index >= 15 is 0 Å². The molecule has 0 aliphatic heterocycles. The summed E-state index contributed by atoms with van der Waals surface area (Å²) in [6.07, 6.45) is 0. The standard InChI is InChI=1S/C13H15FO5/c1-13(2,12(17)18-3)7-19-10-8(11(15)16)5-4-6-9(10)14/h4-6H,7H2,1-3H3,(H,15,16). The van der Waals surface area contributed by atoms with E-state index in [0.29, 0.717) is 0 Å². The second-order valence-corrected chi connectivity index (χ2v) is 4.59. The Labute approximate surface area is 109 Å². The molecule has 1 aromatic rings. The second-order valence-electron chi connectivity index (χ2n) is 4.59. The van der Waals surface area contributed by atoms with Crippen molar-refractivity contribution in [1.82, 2.24) is 0 Å². The summed E-state index contributed by atoms with van der Waals surface area (Å²) >= 11 is 0. The molecule has 0 saturated carbocycles. The zero-order chi connectivity index (χ0) is 14.6. The van der Waals surface area contributed by atoms with Crippen LogP contribution >= 0.6 is 0 Å². The van der Waals surface area contributed by atoms with Gasteiger partial charge in [-0.05, 0) is 26.0 Å². The normalized spacial score (nSPS) is 10.9. The van der Waals surface area contributed by atoms with E-state index in [1.807, 2.05) is 0 Å². The third-order valence-electron chi connectivity index (χ3n) is 2.51. The summed E-state index contributed by atoms with van der Waals surface area (Å²) in [5, 5.41) is 8.94. The lowest BCUT2D eigenvalue weighted by molar-refractivity contribution is -0.152. The fourth-order valence-corrected chi connectivity index (χ4v) is 1.41. The number of rotatable bonds is 5. The third-order valence-corrected chi connectivity index (χ3v) is 2.51. The Morgan fingerprint density at radius 2 is 2.00 bits per heavy atom. The van der Waals surface area contributed by atoms with Crippen LogP contribution < -0.4 is 4.74 Å². The first-order valence-electron chi connectivity index (χ1n) is 5.52. The molecule has 0 aliphatic carbocycles. The minimum Gasteiger partial charge on any atom is -0.488 e. The van der Waals surface area contributed by atoms with Gasteiger partial charge in [-0.1, -0.05) is 6.07 Å². The van der Waals surface area contributed by atoms with Gasteiger partial charge in [-0.15, -0.1) is 0 Å². The molecule has 0 bridgehead atoms. The van der Waals surface area contributed by atoms with Crippen molar-refractivity contribution in [2.75, 3.05) is 13.7 Å². The predicted molar refractivity (Wildman–Crippen MR) is 64.7 cm³/mol. The zero-order valence-corrected chi connectivity index (χ0v) is 10.9. The maximum atomic E-state index is 13.6. The highest BCUT2D eigenvalue weighted by Crippen LogP contribution is 2.26. The van der Waals surface area contributed by atoms with Crippen molar-refractivity contribution in [2.45, 2.75) is 13.8 Å². The van der Waals surface area contributed by atoms with E-state index in [-0.39, 0.29) is 17.9 Å². The molecule has 1 rings (SSSR count). The molecule has 0 spiro atoms. The van der Waals surface area contributed by atoms with Crippen LogP contribution in [-0.4, -0.2) is 30.8 Å². The number of hydrogen-bond donors (Lipinski definition) is 1. The largest absolute Gasteiger partial charge is 0.488 e. The summed E-state index contributed by atoms with van der Waals surface area (Å²) < 4.78 is 23.3. The molecular formula is C13H15FO5. The number of hydrogen-bond acceptors (Lipinski definition) is 4. The fourth-order valence-electron chi connectivity index (χ4n) is 1.41. The topological polar surface area (TPSA) is 72.8 Å². The minimum atomic E-state index is -1.30. The van der Waals surface area contributed by atoms with Gasteiger partial charge < -0.3 is 14.6 Å². The van der Waals surface area contributed by atoms with E-state index in [1.54, 1.807) is 13.8 Å². The summed E-state index contributed by atoms with van der Waals surface area (Å²) in [6.45, 7) is 2.92. The van der Waals surface area contributed by atoms with Crippen LogP contribution in [0.2, 0.25) is 0 Å². The smallest absolute Gasteiger partial charge is 0.339 e. The van der Waals surface area contributed by atoms with Crippen LogP contribution in [0.4, 0.5) is 4.39 Å². The number of aromatic carboxylic acids is 1. The van der Waals surface area contributed by atoms with Gasteiger partial charge in [0.1, 0.15) is 12.2 Å². The molecule has 0 saturated heterocycles. The van der Waals surface area contributed by atoms with Gasteiger partial charge in [0.05, 0.1) is 12.5 Å². The molecule has 0 atom stereocenters. The van der Waals surface area contributed by atoms with Crippen molar-refractivity contribution in [3.8, 4) is 5.75 Å². The van der Waals surface area contributed by atoms with Crippen molar-refractivity contribution < 1.29 is 28.6 Å². The molecule has 0 unspecified atom stereocenters. The third kappa shape index (κ3) is 3.43. The molecule has 0 aliphatic rings. The van der Waals surface area contributed by atoms with Crippen molar-refractivity contribution in [1.29, 1.82) is 0 Å². The maximum Gasteiger partial charge on any atom is 0.339 e. The molecule has 0 radical (unpaired) electrons. The lowest BCUT2D eigenvalue weighted by atomic mass is 9.95. The lowest BCUT2D eigenvalue weighted by Crippen LogP contribution is -2.32. The molecule has 1 N–H and O–H groups in total. The minimum absolute atomic E-state index is 0.194. The van der Waals surface area contributed by atoms with Gasteiger partial charge in [0.2, 0.25) is 0 Å². The Kier molecular flexibility index (Phi) is 4.47. The number of carboxylic acid groups (broad SMARTS) is 1. The number of benzene rings is 1. The highest BCUT2D eigenvalue weighted by Gasteiger charge is 2.31. The molecule has 5 nitrogen and oxygen atoms in total. The van der Waals surface area contributed by atoms with Gasteiger partial charge in [-0.25, -0.2) is 9.18 Å².